The Kier molecular flexibility index (Phi) is 4.85. The van der Waals surface area contributed by atoms with Crippen molar-refractivity contribution in [2.75, 3.05) is 31.8 Å². The van der Waals surface area contributed by atoms with Gasteiger partial charge in [-0.3, -0.25) is 4.79 Å². The van der Waals surface area contributed by atoms with E-state index in [1.165, 1.54) is 4.90 Å². The van der Waals surface area contributed by atoms with Crippen LogP contribution in [0.2, 0.25) is 0 Å². The van der Waals surface area contributed by atoms with E-state index in [1.54, 1.807) is 31.9 Å². The number of likely N-dealkylation sites (tertiary alicyclic amines) is 1. The molecule has 120 valence electrons. The molecule has 1 aromatic rings. The van der Waals surface area contributed by atoms with E-state index in [9.17, 15) is 14.7 Å². The first-order valence-electron chi connectivity index (χ1n) is 6.91. The zero-order valence-corrected chi connectivity index (χ0v) is 13.7. The maximum Gasteiger partial charge on any atom is 0.321 e. The summed E-state index contributed by atoms with van der Waals surface area (Å²) >= 11 is 1.59. The molecule has 1 fully saturated rings. The van der Waals surface area contributed by atoms with Crippen LogP contribution in [0.1, 0.15) is 13.3 Å². The van der Waals surface area contributed by atoms with Crippen molar-refractivity contribution >= 4 is 29.4 Å². The normalized spacial score (nSPS) is 20.8. The Morgan fingerprint density at radius 3 is 2.73 bits per heavy atom. The highest BCUT2D eigenvalue weighted by Crippen LogP contribution is 2.32. The van der Waals surface area contributed by atoms with E-state index in [4.69, 9.17) is 4.74 Å². The Morgan fingerprint density at radius 1 is 1.45 bits per heavy atom. The highest BCUT2D eigenvalue weighted by molar-refractivity contribution is 7.98. The molecule has 22 heavy (non-hydrogen) atoms. The molecule has 1 aromatic carbocycles. The quantitative estimate of drug-likeness (QED) is 0.833. The minimum Gasteiger partial charge on any atom is -0.495 e. The third kappa shape index (κ3) is 3.30. The molecule has 0 aromatic heterocycles. The molecule has 0 radical (unpaired) electrons. The minimum absolute atomic E-state index is 0.208. The van der Waals surface area contributed by atoms with Crippen LogP contribution in [0, 0.1) is 5.41 Å². The zero-order chi connectivity index (χ0) is 16.3. The molecule has 1 unspecified atom stereocenters. The molecule has 0 bridgehead atoms. The van der Waals surface area contributed by atoms with Gasteiger partial charge in [0, 0.05) is 18.0 Å². The highest BCUT2D eigenvalue weighted by Gasteiger charge is 2.42. The lowest BCUT2D eigenvalue weighted by Crippen LogP contribution is -2.37. The molecule has 1 atom stereocenters. The van der Waals surface area contributed by atoms with Gasteiger partial charge < -0.3 is 20.1 Å². The van der Waals surface area contributed by atoms with E-state index in [-0.39, 0.29) is 12.6 Å². The topological polar surface area (TPSA) is 78.9 Å². The van der Waals surface area contributed by atoms with Crippen LogP contribution in [0.25, 0.3) is 0 Å². The number of amides is 2. The van der Waals surface area contributed by atoms with Crippen molar-refractivity contribution in [3.05, 3.63) is 18.2 Å². The van der Waals surface area contributed by atoms with Gasteiger partial charge in [0.1, 0.15) is 5.75 Å². The molecule has 1 heterocycles. The lowest BCUT2D eigenvalue weighted by Gasteiger charge is -2.21. The van der Waals surface area contributed by atoms with Crippen molar-refractivity contribution < 1.29 is 19.4 Å². The van der Waals surface area contributed by atoms with Gasteiger partial charge in [-0.15, -0.1) is 11.8 Å². The number of methoxy groups -OCH3 is 1. The summed E-state index contributed by atoms with van der Waals surface area (Å²) in [4.78, 5) is 26.1. The van der Waals surface area contributed by atoms with E-state index in [1.807, 2.05) is 18.4 Å². The highest BCUT2D eigenvalue weighted by atomic mass is 32.2. The molecule has 0 aliphatic carbocycles. The average Bonchev–Trinajstić information content (AvgIpc) is 2.91. The van der Waals surface area contributed by atoms with Crippen molar-refractivity contribution in [2.45, 2.75) is 18.2 Å². The molecular formula is C15H20N2O4S. The van der Waals surface area contributed by atoms with Gasteiger partial charge in [-0.1, -0.05) is 0 Å². The Hall–Kier alpha value is -1.89. The van der Waals surface area contributed by atoms with E-state index in [0.717, 1.165) is 4.90 Å². The first-order valence-corrected chi connectivity index (χ1v) is 8.13. The summed E-state index contributed by atoms with van der Waals surface area (Å²) in [5.41, 5.74) is -0.293. The fourth-order valence-corrected chi connectivity index (χ4v) is 2.83. The fraction of sp³-hybridized carbons (Fsp3) is 0.467. The van der Waals surface area contributed by atoms with Gasteiger partial charge >= 0.3 is 12.0 Å². The zero-order valence-electron chi connectivity index (χ0n) is 12.9. The number of anilines is 1. The summed E-state index contributed by atoms with van der Waals surface area (Å²) in [6.07, 6.45) is 2.42. The van der Waals surface area contributed by atoms with Crippen molar-refractivity contribution in [1.82, 2.24) is 4.90 Å². The molecule has 1 aliphatic rings. The number of rotatable bonds is 4. The van der Waals surface area contributed by atoms with Crippen molar-refractivity contribution in [2.24, 2.45) is 5.41 Å². The Morgan fingerprint density at radius 2 is 2.18 bits per heavy atom. The molecule has 1 aliphatic heterocycles. The third-order valence-corrected chi connectivity index (χ3v) is 4.65. The van der Waals surface area contributed by atoms with Crippen LogP contribution in [0.5, 0.6) is 5.75 Å². The van der Waals surface area contributed by atoms with Crippen LogP contribution in [-0.2, 0) is 4.79 Å². The summed E-state index contributed by atoms with van der Waals surface area (Å²) in [5.74, 6) is -0.287. The first kappa shape index (κ1) is 16.5. The fourth-order valence-electron chi connectivity index (χ4n) is 2.41. The molecule has 2 rings (SSSR count). The Labute approximate surface area is 133 Å². The largest absolute Gasteiger partial charge is 0.495 e. The van der Waals surface area contributed by atoms with Gasteiger partial charge in [0.2, 0.25) is 0 Å². The third-order valence-electron chi connectivity index (χ3n) is 3.93. The molecule has 6 nitrogen and oxygen atoms in total. The molecular weight excluding hydrogens is 304 g/mol. The number of aliphatic carboxylic acids is 1. The standard InChI is InChI=1S/C15H20N2O4S/c1-15(13(18)19)6-7-17(9-15)14(20)16-11-5-4-10(22-3)8-12(11)21-2/h4-5,8H,6-7,9H2,1-3H3,(H,16,20)(H,18,19). The minimum atomic E-state index is -0.871. The second kappa shape index (κ2) is 6.48. The summed E-state index contributed by atoms with van der Waals surface area (Å²) in [7, 11) is 1.55. The number of ether oxygens (including phenoxy) is 1. The summed E-state index contributed by atoms with van der Waals surface area (Å²) in [6.45, 7) is 2.30. The molecule has 2 amide bonds. The maximum atomic E-state index is 12.3. The molecule has 1 saturated heterocycles. The number of hydrogen-bond acceptors (Lipinski definition) is 4. The summed E-state index contributed by atoms with van der Waals surface area (Å²) < 4.78 is 5.29. The van der Waals surface area contributed by atoms with Gasteiger partial charge in [-0.25, -0.2) is 4.79 Å². The number of carboxylic acid groups (broad SMARTS) is 1. The number of thioether (sulfide) groups is 1. The van der Waals surface area contributed by atoms with Crippen molar-refractivity contribution in [1.29, 1.82) is 0 Å². The predicted molar refractivity (Wildman–Crippen MR) is 85.7 cm³/mol. The van der Waals surface area contributed by atoms with Crippen molar-refractivity contribution in [3.8, 4) is 5.75 Å². The summed E-state index contributed by atoms with van der Waals surface area (Å²) in [5, 5.41) is 12.0. The number of carboxylic acids is 1. The Balaban J connectivity index is 2.09. The lowest BCUT2D eigenvalue weighted by molar-refractivity contribution is -0.146. The van der Waals surface area contributed by atoms with Crippen LogP contribution in [0.3, 0.4) is 0 Å². The second-order valence-corrected chi connectivity index (χ2v) is 6.41. The number of nitrogens with zero attached hydrogens (tertiary/aromatic N) is 1. The second-order valence-electron chi connectivity index (χ2n) is 5.53. The first-order chi connectivity index (χ1) is 10.4. The van der Waals surface area contributed by atoms with Crippen LogP contribution in [0.15, 0.2) is 23.1 Å². The van der Waals surface area contributed by atoms with Crippen LogP contribution >= 0.6 is 11.8 Å². The van der Waals surface area contributed by atoms with Gasteiger partial charge in [-0.2, -0.15) is 0 Å². The Bertz CT molecular complexity index is 593. The van der Waals surface area contributed by atoms with E-state index >= 15 is 0 Å². The van der Waals surface area contributed by atoms with Gasteiger partial charge in [-0.05, 0) is 37.8 Å². The predicted octanol–water partition coefficient (Wildman–Crippen LogP) is 2.75. The lowest BCUT2D eigenvalue weighted by atomic mass is 9.90. The van der Waals surface area contributed by atoms with Crippen LogP contribution in [0.4, 0.5) is 10.5 Å². The summed E-state index contributed by atoms with van der Waals surface area (Å²) in [6, 6.07) is 5.23. The monoisotopic (exact) mass is 324 g/mol. The maximum absolute atomic E-state index is 12.3. The van der Waals surface area contributed by atoms with Crippen LogP contribution in [-0.4, -0.2) is 48.5 Å². The average molecular weight is 324 g/mol. The molecule has 0 spiro atoms. The SMILES string of the molecule is COc1cc(SC)ccc1NC(=O)N1CCC(C)(C(=O)O)C1. The van der Waals surface area contributed by atoms with E-state index < -0.39 is 11.4 Å². The molecule has 0 saturated carbocycles. The van der Waals surface area contributed by atoms with Gasteiger partial charge in [0.15, 0.2) is 0 Å². The van der Waals surface area contributed by atoms with Gasteiger partial charge in [0.25, 0.3) is 0 Å². The number of nitrogens with one attached hydrogen (secondary N) is 1. The van der Waals surface area contributed by atoms with Crippen LogP contribution < -0.4 is 10.1 Å². The number of carbonyl (C=O) groups excluding carboxylic acids is 1. The number of carbonyl (C=O) groups is 2. The number of benzene rings is 1. The number of hydrogen-bond donors (Lipinski definition) is 2. The smallest absolute Gasteiger partial charge is 0.321 e. The van der Waals surface area contributed by atoms with E-state index in [2.05, 4.69) is 5.32 Å². The number of urea groups is 1. The molecule has 7 heteroatoms. The van der Waals surface area contributed by atoms with E-state index in [0.29, 0.717) is 24.4 Å². The molecule has 2 N–H and O–H groups in total. The van der Waals surface area contributed by atoms with Gasteiger partial charge in [0.05, 0.1) is 18.2 Å². The van der Waals surface area contributed by atoms with Crippen molar-refractivity contribution in [3.63, 3.8) is 0 Å².